The van der Waals surface area contributed by atoms with E-state index < -0.39 is 32.6 Å². The summed E-state index contributed by atoms with van der Waals surface area (Å²) in [6.45, 7) is 2.97. The Kier molecular flexibility index (Phi) is 4.59. The number of sulfonamides is 1. The van der Waals surface area contributed by atoms with Gasteiger partial charge in [0, 0.05) is 5.57 Å². The predicted octanol–water partition coefficient (Wildman–Crippen LogP) is 2.48. The molecule has 0 aliphatic heterocycles. The number of benzene rings is 1. The second-order valence-corrected chi connectivity index (χ2v) is 5.61. The Hall–Kier alpha value is -1.83. The molecule has 0 heterocycles. The predicted molar refractivity (Wildman–Crippen MR) is 66.2 cm³/mol. The van der Waals surface area contributed by atoms with Gasteiger partial charge in [0.05, 0.1) is 10.5 Å². The molecule has 0 saturated carbocycles. The van der Waals surface area contributed by atoms with Crippen LogP contribution < -0.4 is 4.72 Å². The molecule has 0 saturated heterocycles. The van der Waals surface area contributed by atoms with Crippen LogP contribution in [-0.2, 0) is 21.0 Å². The Bertz CT molecular complexity index is 631. The number of halogens is 3. The zero-order valence-electron chi connectivity index (χ0n) is 10.7. The minimum absolute atomic E-state index is 0.181. The van der Waals surface area contributed by atoms with Crippen molar-refractivity contribution in [3.63, 3.8) is 0 Å². The van der Waals surface area contributed by atoms with E-state index in [1.807, 2.05) is 0 Å². The Labute approximate surface area is 114 Å². The van der Waals surface area contributed by atoms with Crippen molar-refractivity contribution in [2.45, 2.75) is 24.9 Å². The van der Waals surface area contributed by atoms with Crippen molar-refractivity contribution in [2.75, 3.05) is 0 Å². The number of hydrogen-bond donors (Lipinski definition) is 1. The second kappa shape index (κ2) is 5.66. The van der Waals surface area contributed by atoms with Crippen LogP contribution in [0.25, 0.3) is 0 Å². The molecular weight excluding hydrogens is 295 g/mol. The lowest BCUT2D eigenvalue weighted by Crippen LogP contribution is -2.31. The Morgan fingerprint density at radius 3 is 2.10 bits per heavy atom. The lowest BCUT2D eigenvalue weighted by atomic mass is 10.2. The number of carbonyl (C=O) groups is 1. The number of allylic oxidation sites excluding steroid dienone is 1. The number of amides is 1. The van der Waals surface area contributed by atoms with E-state index >= 15 is 0 Å². The Morgan fingerprint density at radius 1 is 1.20 bits per heavy atom. The molecule has 0 radical (unpaired) electrons. The largest absolute Gasteiger partial charge is 0.416 e. The Morgan fingerprint density at radius 2 is 1.70 bits per heavy atom. The van der Waals surface area contributed by atoms with Crippen LogP contribution in [0, 0.1) is 0 Å². The standard InChI is InChI=1S/C12H12F3NO3S/c1-3-8(2)11(17)16-20(18,19)10-6-4-9(5-7-10)12(13,14)15/h3-7H,1-2H3,(H,16,17). The van der Waals surface area contributed by atoms with E-state index in [0.29, 0.717) is 12.1 Å². The maximum atomic E-state index is 12.4. The third-order valence-corrected chi connectivity index (χ3v) is 3.86. The molecular formula is C12H12F3NO3S. The van der Waals surface area contributed by atoms with Crippen molar-refractivity contribution < 1.29 is 26.4 Å². The second-order valence-electron chi connectivity index (χ2n) is 3.93. The number of rotatable bonds is 3. The van der Waals surface area contributed by atoms with Crippen molar-refractivity contribution >= 4 is 15.9 Å². The van der Waals surface area contributed by atoms with E-state index in [4.69, 9.17) is 0 Å². The first-order valence-corrected chi connectivity index (χ1v) is 6.93. The highest BCUT2D eigenvalue weighted by molar-refractivity contribution is 7.90. The van der Waals surface area contributed by atoms with Crippen molar-refractivity contribution in [2.24, 2.45) is 0 Å². The molecule has 0 fully saturated rings. The quantitative estimate of drug-likeness (QED) is 0.873. The van der Waals surface area contributed by atoms with E-state index in [9.17, 15) is 26.4 Å². The lowest BCUT2D eigenvalue weighted by molar-refractivity contribution is -0.137. The fourth-order valence-electron chi connectivity index (χ4n) is 1.22. The number of nitrogens with one attached hydrogen (secondary N) is 1. The molecule has 1 rings (SSSR count). The van der Waals surface area contributed by atoms with Gasteiger partial charge in [0.25, 0.3) is 15.9 Å². The molecule has 1 aromatic rings. The molecule has 0 bridgehead atoms. The summed E-state index contributed by atoms with van der Waals surface area (Å²) in [7, 11) is -4.18. The lowest BCUT2D eigenvalue weighted by Gasteiger charge is -2.09. The molecule has 1 amide bonds. The third-order valence-electron chi connectivity index (χ3n) is 2.51. The monoisotopic (exact) mass is 307 g/mol. The summed E-state index contributed by atoms with van der Waals surface area (Å²) in [5.41, 5.74) is -0.784. The van der Waals surface area contributed by atoms with Gasteiger partial charge in [-0.3, -0.25) is 4.79 Å². The summed E-state index contributed by atoms with van der Waals surface area (Å²) < 4.78 is 62.4. The van der Waals surface area contributed by atoms with Gasteiger partial charge >= 0.3 is 6.18 Å². The molecule has 110 valence electrons. The van der Waals surface area contributed by atoms with Gasteiger partial charge in [-0.2, -0.15) is 13.2 Å². The van der Waals surface area contributed by atoms with Crippen LogP contribution in [0.1, 0.15) is 19.4 Å². The van der Waals surface area contributed by atoms with Crippen molar-refractivity contribution in [1.29, 1.82) is 0 Å². The van der Waals surface area contributed by atoms with Crippen LogP contribution in [0.15, 0.2) is 40.8 Å². The molecule has 0 spiro atoms. The fourth-order valence-corrected chi connectivity index (χ4v) is 2.23. The first-order chi connectivity index (χ1) is 9.08. The highest BCUT2D eigenvalue weighted by Gasteiger charge is 2.30. The minimum Gasteiger partial charge on any atom is -0.269 e. The summed E-state index contributed by atoms with van der Waals surface area (Å²) in [6, 6.07) is 2.87. The van der Waals surface area contributed by atoms with Gasteiger partial charge in [0.15, 0.2) is 0 Å². The van der Waals surface area contributed by atoms with Crippen LogP contribution in [0.5, 0.6) is 0 Å². The molecule has 0 aliphatic carbocycles. The average Bonchev–Trinajstić information content (AvgIpc) is 2.36. The van der Waals surface area contributed by atoms with Crippen molar-refractivity contribution in [3.05, 3.63) is 41.5 Å². The van der Waals surface area contributed by atoms with Gasteiger partial charge in [0.2, 0.25) is 0 Å². The summed E-state index contributed by atoms with van der Waals surface area (Å²) >= 11 is 0. The smallest absolute Gasteiger partial charge is 0.269 e. The zero-order chi connectivity index (χ0) is 15.6. The van der Waals surface area contributed by atoms with Gasteiger partial charge in [-0.1, -0.05) is 6.08 Å². The van der Waals surface area contributed by atoms with Gasteiger partial charge in [-0.15, -0.1) is 0 Å². The molecule has 8 heteroatoms. The molecule has 0 aliphatic rings. The normalized spacial score (nSPS) is 13.2. The molecule has 0 atom stereocenters. The summed E-state index contributed by atoms with van der Waals surface area (Å²) in [5.74, 6) is -0.826. The zero-order valence-corrected chi connectivity index (χ0v) is 11.5. The van der Waals surface area contributed by atoms with E-state index in [-0.39, 0.29) is 5.57 Å². The Balaban J connectivity index is 3.03. The summed E-state index contributed by atoms with van der Waals surface area (Å²) in [4.78, 5) is 11.0. The van der Waals surface area contributed by atoms with E-state index in [2.05, 4.69) is 0 Å². The van der Waals surface area contributed by atoms with Crippen LogP contribution in [0.2, 0.25) is 0 Å². The van der Waals surface area contributed by atoms with Gasteiger partial charge in [-0.05, 0) is 38.1 Å². The molecule has 1 aromatic carbocycles. The van der Waals surface area contributed by atoms with Crippen molar-refractivity contribution in [1.82, 2.24) is 4.72 Å². The minimum atomic E-state index is -4.55. The van der Waals surface area contributed by atoms with Gasteiger partial charge in [-0.25, -0.2) is 13.1 Å². The van der Waals surface area contributed by atoms with E-state index in [0.717, 1.165) is 12.1 Å². The third kappa shape index (κ3) is 3.83. The molecule has 0 aromatic heterocycles. The number of carbonyl (C=O) groups excluding carboxylic acids is 1. The average molecular weight is 307 g/mol. The van der Waals surface area contributed by atoms with Crippen molar-refractivity contribution in [3.8, 4) is 0 Å². The molecule has 20 heavy (non-hydrogen) atoms. The van der Waals surface area contributed by atoms with E-state index in [1.165, 1.54) is 13.0 Å². The topological polar surface area (TPSA) is 63.2 Å². The maximum absolute atomic E-state index is 12.4. The first kappa shape index (κ1) is 16.2. The molecule has 0 unspecified atom stereocenters. The maximum Gasteiger partial charge on any atom is 0.416 e. The van der Waals surface area contributed by atoms with Crippen LogP contribution in [-0.4, -0.2) is 14.3 Å². The number of hydrogen-bond acceptors (Lipinski definition) is 3. The SMILES string of the molecule is CC=C(C)C(=O)NS(=O)(=O)c1ccc(C(F)(F)F)cc1. The highest BCUT2D eigenvalue weighted by atomic mass is 32.2. The highest BCUT2D eigenvalue weighted by Crippen LogP contribution is 2.29. The molecule has 4 nitrogen and oxygen atoms in total. The van der Waals surface area contributed by atoms with Crippen LogP contribution in [0.3, 0.4) is 0 Å². The van der Waals surface area contributed by atoms with Crippen LogP contribution >= 0.6 is 0 Å². The van der Waals surface area contributed by atoms with E-state index in [1.54, 1.807) is 11.6 Å². The molecule has 1 N–H and O–H groups in total. The van der Waals surface area contributed by atoms with Gasteiger partial charge in [0.1, 0.15) is 0 Å². The number of alkyl halides is 3. The van der Waals surface area contributed by atoms with Crippen LogP contribution in [0.4, 0.5) is 13.2 Å². The summed E-state index contributed by atoms with van der Waals surface area (Å²) in [6.07, 6.45) is -3.13. The first-order valence-electron chi connectivity index (χ1n) is 5.45. The van der Waals surface area contributed by atoms with Gasteiger partial charge < -0.3 is 0 Å². The summed E-state index contributed by atoms with van der Waals surface area (Å²) in [5, 5.41) is 0. The fraction of sp³-hybridized carbons (Fsp3) is 0.250.